The van der Waals surface area contributed by atoms with E-state index in [9.17, 15) is 4.39 Å². The second-order valence-corrected chi connectivity index (χ2v) is 3.47. The quantitative estimate of drug-likeness (QED) is 0.876. The molecule has 0 aliphatic carbocycles. The lowest BCUT2D eigenvalue weighted by Crippen LogP contribution is -2.03. The lowest BCUT2D eigenvalue weighted by Gasteiger charge is -2.04. The maximum Gasteiger partial charge on any atom is 0.321 e. The van der Waals surface area contributed by atoms with Gasteiger partial charge in [0.15, 0.2) is 0 Å². The van der Waals surface area contributed by atoms with Crippen LogP contribution in [0.25, 0.3) is 0 Å². The topological polar surface area (TPSA) is 61.0 Å². The van der Waals surface area contributed by atoms with Gasteiger partial charge in [0.05, 0.1) is 0 Å². The van der Waals surface area contributed by atoms with Crippen molar-refractivity contribution in [1.29, 1.82) is 0 Å². The molecule has 0 fully saturated rings. The van der Waals surface area contributed by atoms with Crippen molar-refractivity contribution in [2.24, 2.45) is 5.73 Å². The molecule has 5 heteroatoms. The minimum absolute atomic E-state index is 0.191. The minimum atomic E-state index is -0.359. The van der Waals surface area contributed by atoms with E-state index in [2.05, 4.69) is 9.97 Å². The van der Waals surface area contributed by atoms with Gasteiger partial charge < -0.3 is 10.5 Å². The zero-order valence-corrected chi connectivity index (χ0v) is 9.14. The molecule has 0 aliphatic heterocycles. The first-order chi connectivity index (χ1) is 8.28. The third-order valence-corrected chi connectivity index (χ3v) is 2.12. The number of hydrogen-bond acceptors (Lipinski definition) is 4. The molecule has 0 bridgehead atoms. The molecule has 1 aromatic heterocycles. The summed E-state index contributed by atoms with van der Waals surface area (Å²) in [6.07, 6.45) is 4.02. The van der Waals surface area contributed by atoms with E-state index >= 15 is 0 Å². The number of ether oxygens (including phenoxy) is 1. The van der Waals surface area contributed by atoms with Crippen LogP contribution in [0, 0.1) is 5.82 Å². The molecule has 2 aromatic rings. The van der Waals surface area contributed by atoms with Gasteiger partial charge in [0, 0.05) is 18.5 Å². The van der Waals surface area contributed by atoms with Gasteiger partial charge in [0.25, 0.3) is 0 Å². The van der Waals surface area contributed by atoms with Crippen LogP contribution in [0.1, 0.15) is 5.56 Å². The molecule has 4 nitrogen and oxygen atoms in total. The fourth-order valence-electron chi connectivity index (χ4n) is 1.33. The Bertz CT molecular complexity index is 487. The fourth-order valence-corrected chi connectivity index (χ4v) is 1.33. The predicted octanol–water partition coefficient (Wildman–Crippen LogP) is 1.91. The van der Waals surface area contributed by atoms with Gasteiger partial charge in [0.1, 0.15) is 11.6 Å². The summed E-state index contributed by atoms with van der Waals surface area (Å²) in [5, 5.41) is 0. The Hall–Kier alpha value is -2.01. The summed E-state index contributed by atoms with van der Waals surface area (Å²) in [5.41, 5.74) is 6.35. The molecule has 0 aliphatic rings. The monoisotopic (exact) mass is 233 g/mol. The van der Waals surface area contributed by atoms with Crippen molar-refractivity contribution < 1.29 is 9.13 Å². The lowest BCUT2D eigenvalue weighted by atomic mass is 10.2. The van der Waals surface area contributed by atoms with Gasteiger partial charge in [-0.15, -0.1) is 0 Å². The summed E-state index contributed by atoms with van der Waals surface area (Å²) < 4.78 is 18.2. The van der Waals surface area contributed by atoms with Gasteiger partial charge in [-0.25, -0.2) is 14.4 Å². The number of aromatic nitrogens is 2. The SMILES string of the molecule is NCCc1cnc(Oc2cccc(F)c2)nc1. The van der Waals surface area contributed by atoms with E-state index in [1.165, 1.54) is 12.1 Å². The summed E-state index contributed by atoms with van der Waals surface area (Å²) >= 11 is 0. The zero-order valence-electron chi connectivity index (χ0n) is 9.14. The number of hydrogen-bond donors (Lipinski definition) is 1. The van der Waals surface area contributed by atoms with Crippen LogP contribution in [-0.2, 0) is 6.42 Å². The Morgan fingerprint density at radius 1 is 1.24 bits per heavy atom. The standard InChI is InChI=1S/C12H12FN3O/c13-10-2-1-3-11(6-10)17-12-15-7-9(4-5-14)8-16-12/h1-3,6-8H,4-5,14H2. The number of rotatable bonds is 4. The van der Waals surface area contributed by atoms with Crippen LogP contribution < -0.4 is 10.5 Å². The molecule has 1 aromatic carbocycles. The summed E-state index contributed by atoms with van der Waals surface area (Å²) in [6, 6.07) is 6.01. The van der Waals surface area contributed by atoms with Gasteiger partial charge >= 0.3 is 6.01 Å². The number of benzene rings is 1. The van der Waals surface area contributed by atoms with E-state index < -0.39 is 0 Å². The highest BCUT2D eigenvalue weighted by Gasteiger charge is 2.01. The second-order valence-electron chi connectivity index (χ2n) is 3.47. The Kier molecular flexibility index (Phi) is 3.62. The molecule has 0 saturated carbocycles. The van der Waals surface area contributed by atoms with Crippen molar-refractivity contribution in [3.05, 3.63) is 48.0 Å². The smallest absolute Gasteiger partial charge is 0.321 e. The van der Waals surface area contributed by atoms with Crippen LogP contribution in [0.2, 0.25) is 0 Å². The van der Waals surface area contributed by atoms with E-state index in [-0.39, 0.29) is 11.8 Å². The average molecular weight is 233 g/mol. The number of nitrogens with two attached hydrogens (primary N) is 1. The Morgan fingerprint density at radius 2 is 2.00 bits per heavy atom. The van der Waals surface area contributed by atoms with Gasteiger partial charge in [-0.05, 0) is 30.7 Å². The largest absolute Gasteiger partial charge is 0.424 e. The lowest BCUT2D eigenvalue weighted by molar-refractivity contribution is 0.437. The van der Waals surface area contributed by atoms with Crippen LogP contribution in [-0.4, -0.2) is 16.5 Å². The van der Waals surface area contributed by atoms with Crippen molar-refractivity contribution in [2.45, 2.75) is 6.42 Å². The Morgan fingerprint density at radius 3 is 2.65 bits per heavy atom. The Balaban J connectivity index is 2.08. The number of halogens is 1. The van der Waals surface area contributed by atoms with Crippen molar-refractivity contribution in [2.75, 3.05) is 6.54 Å². The summed E-state index contributed by atoms with van der Waals surface area (Å²) in [4.78, 5) is 8.02. The van der Waals surface area contributed by atoms with Gasteiger partial charge in [0.2, 0.25) is 0 Å². The molecule has 17 heavy (non-hydrogen) atoms. The minimum Gasteiger partial charge on any atom is -0.424 e. The highest BCUT2D eigenvalue weighted by Crippen LogP contribution is 2.17. The van der Waals surface area contributed by atoms with Crippen molar-refractivity contribution >= 4 is 0 Å². The molecular formula is C12H12FN3O. The third-order valence-electron chi connectivity index (χ3n) is 2.12. The van der Waals surface area contributed by atoms with E-state index in [0.29, 0.717) is 12.3 Å². The molecular weight excluding hydrogens is 221 g/mol. The van der Waals surface area contributed by atoms with Crippen molar-refractivity contribution in [3.63, 3.8) is 0 Å². The zero-order chi connectivity index (χ0) is 12.1. The maximum atomic E-state index is 12.9. The van der Waals surface area contributed by atoms with Crippen LogP contribution in [0.3, 0.4) is 0 Å². The Labute approximate surface area is 98.3 Å². The molecule has 0 atom stereocenters. The molecule has 0 saturated heterocycles. The molecule has 2 N–H and O–H groups in total. The molecule has 0 radical (unpaired) electrons. The normalized spacial score (nSPS) is 10.2. The van der Waals surface area contributed by atoms with E-state index in [0.717, 1.165) is 12.0 Å². The highest BCUT2D eigenvalue weighted by atomic mass is 19.1. The number of nitrogens with zero attached hydrogens (tertiary/aromatic N) is 2. The summed E-state index contributed by atoms with van der Waals surface area (Å²) in [6.45, 7) is 0.549. The van der Waals surface area contributed by atoms with Crippen LogP contribution in [0.5, 0.6) is 11.8 Å². The molecule has 0 spiro atoms. The summed E-state index contributed by atoms with van der Waals surface area (Å²) in [7, 11) is 0. The van der Waals surface area contributed by atoms with E-state index in [1.54, 1.807) is 24.5 Å². The molecule has 2 rings (SSSR count). The fraction of sp³-hybridized carbons (Fsp3) is 0.167. The predicted molar refractivity (Wildman–Crippen MR) is 61.3 cm³/mol. The van der Waals surface area contributed by atoms with Gasteiger partial charge in [-0.2, -0.15) is 0 Å². The summed E-state index contributed by atoms with van der Waals surface area (Å²) in [5.74, 6) is 0.0128. The third kappa shape index (κ3) is 3.22. The van der Waals surface area contributed by atoms with E-state index in [1.807, 2.05) is 0 Å². The first kappa shape index (κ1) is 11.5. The highest BCUT2D eigenvalue weighted by molar-refractivity contribution is 5.25. The molecule has 88 valence electrons. The van der Waals surface area contributed by atoms with E-state index in [4.69, 9.17) is 10.5 Å². The first-order valence-corrected chi connectivity index (χ1v) is 5.22. The van der Waals surface area contributed by atoms with Gasteiger partial charge in [-0.3, -0.25) is 0 Å². The van der Waals surface area contributed by atoms with Crippen LogP contribution >= 0.6 is 0 Å². The first-order valence-electron chi connectivity index (χ1n) is 5.22. The molecule has 0 amide bonds. The van der Waals surface area contributed by atoms with Crippen molar-refractivity contribution in [1.82, 2.24) is 9.97 Å². The van der Waals surface area contributed by atoms with Gasteiger partial charge in [-0.1, -0.05) is 6.07 Å². The molecule has 0 unspecified atom stereocenters. The molecule has 1 heterocycles. The van der Waals surface area contributed by atoms with Crippen LogP contribution in [0.4, 0.5) is 4.39 Å². The van der Waals surface area contributed by atoms with Crippen molar-refractivity contribution in [3.8, 4) is 11.8 Å². The maximum absolute atomic E-state index is 12.9. The van der Waals surface area contributed by atoms with Crippen LogP contribution in [0.15, 0.2) is 36.7 Å². The second kappa shape index (κ2) is 5.36. The average Bonchev–Trinajstić information content (AvgIpc) is 2.32.